The molecule has 0 saturated carbocycles. The van der Waals surface area contributed by atoms with E-state index in [1.54, 1.807) is 12.1 Å². The molecule has 0 aliphatic carbocycles. The van der Waals surface area contributed by atoms with Crippen LogP contribution >= 0.6 is 11.8 Å². The Hall–Kier alpha value is -1.16. The number of benzene rings is 1. The van der Waals surface area contributed by atoms with Crippen LogP contribution in [0.3, 0.4) is 0 Å². The van der Waals surface area contributed by atoms with Crippen molar-refractivity contribution in [2.75, 3.05) is 16.8 Å². The summed E-state index contributed by atoms with van der Waals surface area (Å²) in [6.45, 7) is 6.20. The number of rotatable bonds is 6. The zero-order valence-corrected chi connectivity index (χ0v) is 11.3. The van der Waals surface area contributed by atoms with Gasteiger partial charge in [0.15, 0.2) is 0 Å². The van der Waals surface area contributed by atoms with E-state index >= 15 is 0 Å². The van der Waals surface area contributed by atoms with Crippen LogP contribution in [0.2, 0.25) is 0 Å². The molecule has 1 unspecified atom stereocenters. The van der Waals surface area contributed by atoms with E-state index in [1.165, 1.54) is 0 Å². The molecule has 0 amide bonds. The van der Waals surface area contributed by atoms with Gasteiger partial charge in [0.25, 0.3) is 0 Å². The first kappa shape index (κ1) is 13.9. The highest BCUT2D eigenvalue weighted by molar-refractivity contribution is 7.99. The maximum Gasteiger partial charge on any atom is 0.335 e. The molecule has 1 rings (SSSR count). The molecule has 0 spiro atoms. The van der Waals surface area contributed by atoms with Crippen LogP contribution in [0.4, 0.5) is 5.69 Å². The zero-order valence-electron chi connectivity index (χ0n) is 10.5. The van der Waals surface area contributed by atoms with Crippen molar-refractivity contribution in [3.05, 3.63) is 29.3 Å². The van der Waals surface area contributed by atoms with E-state index in [9.17, 15) is 4.79 Å². The highest BCUT2D eigenvalue weighted by Crippen LogP contribution is 2.18. The fourth-order valence-corrected chi connectivity index (χ4v) is 2.23. The number of aryl methyl sites for hydroxylation is 1. The number of carboxylic acids is 1. The van der Waals surface area contributed by atoms with Gasteiger partial charge in [-0.15, -0.1) is 0 Å². The van der Waals surface area contributed by atoms with Gasteiger partial charge in [0.1, 0.15) is 0 Å². The van der Waals surface area contributed by atoms with Gasteiger partial charge in [0, 0.05) is 17.5 Å². The number of carboxylic acid groups (broad SMARTS) is 1. The first-order valence-corrected chi connectivity index (χ1v) is 6.88. The summed E-state index contributed by atoms with van der Waals surface area (Å²) in [5.74, 6) is 1.29. The molecule has 94 valence electrons. The quantitative estimate of drug-likeness (QED) is 0.817. The first-order valence-electron chi connectivity index (χ1n) is 5.72. The van der Waals surface area contributed by atoms with E-state index < -0.39 is 5.97 Å². The summed E-state index contributed by atoms with van der Waals surface area (Å²) < 4.78 is 0. The Labute approximate surface area is 107 Å². The number of nitrogens with one attached hydrogen (secondary N) is 1. The molecule has 4 heteroatoms. The highest BCUT2D eigenvalue weighted by atomic mass is 32.2. The molecule has 1 atom stereocenters. The van der Waals surface area contributed by atoms with Crippen molar-refractivity contribution in [1.82, 2.24) is 0 Å². The van der Waals surface area contributed by atoms with Crippen LogP contribution in [-0.2, 0) is 0 Å². The molecule has 3 nitrogen and oxygen atoms in total. The molecule has 1 aromatic carbocycles. The highest BCUT2D eigenvalue weighted by Gasteiger charge is 2.07. The van der Waals surface area contributed by atoms with Crippen LogP contribution in [0.15, 0.2) is 18.2 Å². The molecule has 0 saturated heterocycles. The van der Waals surface area contributed by atoms with Crippen LogP contribution in [0.1, 0.15) is 29.8 Å². The number of aromatic carboxylic acids is 1. The van der Waals surface area contributed by atoms with Crippen molar-refractivity contribution >= 4 is 23.4 Å². The van der Waals surface area contributed by atoms with Crippen molar-refractivity contribution in [3.8, 4) is 0 Å². The monoisotopic (exact) mass is 253 g/mol. The maximum atomic E-state index is 10.8. The third-order valence-corrected chi connectivity index (χ3v) is 3.59. The van der Waals surface area contributed by atoms with Gasteiger partial charge in [-0.05, 0) is 43.4 Å². The Kier molecular flexibility index (Phi) is 5.35. The molecule has 0 radical (unpaired) electrons. The van der Waals surface area contributed by atoms with Crippen molar-refractivity contribution < 1.29 is 9.90 Å². The van der Waals surface area contributed by atoms with Crippen LogP contribution in [-0.4, -0.2) is 28.6 Å². The van der Waals surface area contributed by atoms with Crippen molar-refractivity contribution in [2.45, 2.75) is 26.8 Å². The third kappa shape index (κ3) is 4.30. The smallest absolute Gasteiger partial charge is 0.335 e. The Morgan fingerprint density at radius 1 is 1.53 bits per heavy atom. The summed E-state index contributed by atoms with van der Waals surface area (Å²) in [5, 5.41) is 12.3. The van der Waals surface area contributed by atoms with Gasteiger partial charge in [0.2, 0.25) is 0 Å². The lowest BCUT2D eigenvalue weighted by molar-refractivity contribution is 0.0697. The van der Waals surface area contributed by atoms with E-state index in [1.807, 2.05) is 24.8 Å². The predicted octanol–water partition coefficient (Wildman–Crippen LogP) is 3.25. The fourth-order valence-electron chi connectivity index (χ4n) is 1.56. The van der Waals surface area contributed by atoms with Gasteiger partial charge >= 0.3 is 5.97 Å². The van der Waals surface area contributed by atoms with Crippen LogP contribution in [0, 0.1) is 6.92 Å². The largest absolute Gasteiger partial charge is 0.478 e. The zero-order chi connectivity index (χ0) is 12.8. The lowest BCUT2D eigenvalue weighted by Crippen LogP contribution is -2.18. The second kappa shape index (κ2) is 6.55. The summed E-state index contributed by atoms with van der Waals surface area (Å²) in [6, 6.07) is 5.56. The second-order valence-corrected chi connectivity index (χ2v) is 5.36. The number of thioether (sulfide) groups is 1. The SMILES string of the molecule is CCSCC(C)Nc1ccc(C(=O)O)cc1C. The summed E-state index contributed by atoms with van der Waals surface area (Å²) in [7, 11) is 0. The Bertz CT molecular complexity index is 393. The van der Waals surface area contributed by atoms with Gasteiger partial charge < -0.3 is 10.4 Å². The average molecular weight is 253 g/mol. The molecule has 0 bridgehead atoms. The average Bonchev–Trinajstić information content (AvgIpc) is 2.28. The third-order valence-electron chi connectivity index (χ3n) is 2.45. The van der Waals surface area contributed by atoms with Gasteiger partial charge in [0.05, 0.1) is 5.56 Å². The van der Waals surface area contributed by atoms with E-state index in [-0.39, 0.29) is 0 Å². The summed E-state index contributed by atoms with van der Waals surface area (Å²) >= 11 is 1.89. The fraction of sp³-hybridized carbons (Fsp3) is 0.462. The first-order chi connectivity index (χ1) is 8.04. The van der Waals surface area contributed by atoms with Gasteiger partial charge in [-0.1, -0.05) is 6.92 Å². The van der Waals surface area contributed by atoms with Gasteiger partial charge in [-0.2, -0.15) is 11.8 Å². The van der Waals surface area contributed by atoms with Crippen molar-refractivity contribution in [1.29, 1.82) is 0 Å². The predicted molar refractivity (Wildman–Crippen MR) is 74.2 cm³/mol. The molecule has 0 fully saturated rings. The minimum Gasteiger partial charge on any atom is -0.478 e. The summed E-state index contributed by atoms with van der Waals surface area (Å²) in [5.41, 5.74) is 2.32. The van der Waals surface area contributed by atoms with Gasteiger partial charge in [-0.3, -0.25) is 0 Å². The normalized spacial score (nSPS) is 12.2. The molecule has 1 aromatic rings. The van der Waals surface area contributed by atoms with Gasteiger partial charge in [-0.25, -0.2) is 4.79 Å². The van der Waals surface area contributed by atoms with E-state index in [2.05, 4.69) is 19.2 Å². The number of hydrogen-bond donors (Lipinski definition) is 2. The van der Waals surface area contributed by atoms with Crippen LogP contribution in [0.5, 0.6) is 0 Å². The summed E-state index contributed by atoms with van der Waals surface area (Å²) in [4.78, 5) is 10.8. The molecule has 0 aliphatic rings. The lowest BCUT2D eigenvalue weighted by atomic mass is 10.1. The van der Waals surface area contributed by atoms with Crippen LogP contribution in [0.25, 0.3) is 0 Å². The molecule has 2 N–H and O–H groups in total. The molecule has 17 heavy (non-hydrogen) atoms. The van der Waals surface area contributed by atoms with Crippen molar-refractivity contribution in [3.63, 3.8) is 0 Å². The standard InChI is InChI=1S/C13H19NO2S/c1-4-17-8-10(3)14-12-6-5-11(13(15)16)7-9(12)2/h5-7,10,14H,4,8H2,1-3H3,(H,15,16). The Morgan fingerprint density at radius 2 is 2.24 bits per heavy atom. The molecular formula is C13H19NO2S. The van der Waals surface area contributed by atoms with Crippen LogP contribution < -0.4 is 5.32 Å². The van der Waals surface area contributed by atoms with E-state index in [4.69, 9.17) is 5.11 Å². The van der Waals surface area contributed by atoms with E-state index in [0.717, 1.165) is 22.8 Å². The number of hydrogen-bond acceptors (Lipinski definition) is 3. The topological polar surface area (TPSA) is 49.3 Å². The summed E-state index contributed by atoms with van der Waals surface area (Å²) in [6.07, 6.45) is 0. The number of carbonyl (C=O) groups is 1. The lowest BCUT2D eigenvalue weighted by Gasteiger charge is -2.16. The molecule has 0 aromatic heterocycles. The second-order valence-electron chi connectivity index (χ2n) is 4.04. The Balaban J connectivity index is 2.69. The van der Waals surface area contributed by atoms with E-state index in [0.29, 0.717) is 11.6 Å². The molecule has 0 aliphatic heterocycles. The Morgan fingerprint density at radius 3 is 2.76 bits per heavy atom. The molecular weight excluding hydrogens is 234 g/mol. The maximum absolute atomic E-state index is 10.8. The number of anilines is 1. The molecule has 0 heterocycles. The van der Waals surface area contributed by atoms with Crippen molar-refractivity contribution in [2.24, 2.45) is 0 Å². The minimum atomic E-state index is -0.880. The minimum absolute atomic E-state index is 0.337.